The fourth-order valence-electron chi connectivity index (χ4n) is 4.02. The van der Waals surface area contributed by atoms with Gasteiger partial charge in [0.25, 0.3) is 0 Å². The molecule has 0 radical (unpaired) electrons. The number of rotatable bonds is 7. The third kappa shape index (κ3) is 4.68. The lowest BCUT2D eigenvalue weighted by Gasteiger charge is -2.33. The van der Waals surface area contributed by atoms with Gasteiger partial charge in [-0.25, -0.2) is 13.9 Å². The lowest BCUT2D eigenvalue weighted by Crippen LogP contribution is -2.35. The van der Waals surface area contributed by atoms with Gasteiger partial charge in [-0.2, -0.15) is 4.91 Å². The van der Waals surface area contributed by atoms with Crippen LogP contribution in [0.5, 0.6) is 0 Å². The summed E-state index contributed by atoms with van der Waals surface area (Å²) in [6.45, 7) is 3.10. The van der Waals surface area contributed by atoms with Gasteiger partial charge in [-0.1, -0.05) is 10.4 Å². The summed E-state index contributed by atoms with van der Waals surface area (Å²) in [5.74, 6) is -0.625. The van der Waals surface area contributed by atoms with E-state index in [9.17, 15) is 18.9 Å². The van der Waals surface area contributed by atoms with Crippen LogP contribution < -0.4 is 15.1 Å². The van der Waals surface area contributed by atoms with Gasteiger partial charge in [-0.3, -0.25) is 9.69 Å². The number of piperidine rings is 1. The first-order valence-electron chi connectivity index (χ1n) is 10.4. The number of ether oxygens (including phenoxy) is 1. The number of nitroso groups, excluding NO2 is 1. The van der Waals surface area contributed by atoms with Crippen molar-refractivity contribution in [1.82, 2.24) is 20.3 Å². The average molecular weight is 445 g/mol. The van der Waals surface area contributed by atoms with E-state index in [0.717, 1.165) is 12.8 Å². The molecule has 1 N–H and O–H groups in total. The first kappa shape index (κ1) is 21.7. The Bertz CT molecular complexity index is 1010. The zero-order chi connectivity index (χ0) is 22.7. The number of anilines is 2. The summed E-state index contributed by atoms with van der Waals surface area (Å²) in [5.41, 5.74) is 1.42. The highest BCUT2D eigenvalue weighted by molar-refractivity contribution is 5.90. The van der Waals surface area contributed by atoms with Crippen LogP contribution in [0.25, 0.3) is 0 Å². The van der Waals surface area contributed by atoms with Gasteiger partial charge >= 0.3 is 6.09 Å². The van der Waals surface area contributed by atoms with Crippen LogP contribution in [0.2, 0.25) is 0 Å². The topological polar surface area (TPSA) is 122 Å². The molecule has 1 aromatic heterocycles. The summed E-state index contributed by atoms with van der Waals surface area (Å²) in [6.07, 6.45) is 2.19. The number of hydrogen-bond acceptors (Lipinski definition) is 8. The van der Waals surface area contributed by atoms with Gasteiger partial charge in [-0.05, 0) is 31.0 Å². The van der Waals surface area contributed by atoms with E-state index < -0.39 is 18.0 Å². The van der Waals surface area contributed by atoms with Crippen molar-refractivity contribution in [2.75, 3.05) is 36.0 Å². The number of benzene rings is 1. The maximum Gasteiger partial charge on any atom is 0.414 e. The van der Waals surface area contributed by atoms with Gasteiger partial charge in [0.2, 0.25) is 5.91 Å². The Morgan fingerprint density at radius 2 is 2.12 bits per heavy atom. The van der Waals surface area contributed by atoms with Gasteiger partial charge in [0, 0.05) is 20.0 Å². The van der Waals surface area contributed by atoms with Gasteiger partial charge in [0.05, 0.1) is 36.7 Å². The minimum absolute atomic E-state index is 0.00501. The minimum atomic E-state index is -0.565. The normalized spacial score (nSPS) is 19.2. The fraction of sp³-hybridized carbons (Fsp3) is 0.500. The molecule has 3 heterocycles. The smallest absolute Gasteiger partial charge is 0.414 e. The minimum Gasteiger partial charge on any atom is -0.442 e. The van der Waals surface area contributed by atoms with E-state index in [1.807, 2.05) is 4.90 Å². The molecule has 2 aliphatic heterocycles. The Balaban J connectivity index is 1.37. The van der Waals surface area contributed by atoms with Crippen molar-refractivity contribution in [3.8, 4) is 0 Å². The molecule has 11 nitrogen and oxygen atoms in total. The van der Waals surface area contributed by atoms with Crippen LogP contribution in [0.4, 0.5) is 20.6 Å². The molecule has 12 heteroatoms. The van der Waals surface area contributed by atoms with E-state index in [-0.39, 0.29) is 31.6 Å². The summed E-state index contributed by atoms with van der Waals surface area (Å²) in [7, 11) is 0. The van der Waals surface area contributed by atoms with E-state index in [0.29, 0.717) is 30.2 Å². The van der Waals surface area contributed by atoms with Crippen molar-refractivity contribution < 1.29 is 18.7 Å². The molecule has 0 bridgehead atoms. The predicted octanol–water partition coefficient (Wildman–Crippen LogP) is 1.99. The first-order valence-corrected chi connectivity index (χ1v) is 10.4. The van der Waals surface area contributed by atoms with E-state index in [1.54, 1.807) is 23.0 Å². The maximum absolute atomic E-state index is 14.9. The summed E-state index contributed by atoms with van der Waals surface area (Å²) in [4.78, 5) is 36.9. The van der Waals surface area contributed by atoms with Crippen LogP contribution in [0.1, 0.15) is 31.5 Å². The van der Waals surface area contributed by atoms with Crippen LogP contribution in [0, 0.1) is 10.7 Å². The highest BCUT2D eigenvalue weighted by Crippen LogP contribution is 2.31. The maximum atomic E-state index is 14.9. The summed E-state index contributed by atoms with van der Waals surface area (Å²) in [6, 6.07) is 4.83. The zero-order valence-corrected chi connectivity index (χ0v) is 17.6. The predicted molar refractivity (Wildman–Crippen MR) is 113 cm³/mol. The van der Waals surface area contributed by atoms with Gasteiger partial charge < -0.3 is 15.0 Å². The number of carbonyl (C=O) groups is 2. The molecule has 1 aromatic carbocycles. The van der Waals surface area contributed by atoms with E-state index in [1.165, 1.54) is 17.9 Å². The van der Waals surface area contributed by atoms with E-state index in [4.69, 9.17) is 4.74 Å². The Morgan fingerprint density at radius 3 is 2.81 bits per heavy atom. The molecule has 2 saturated heterocycles. The highest BCUT2D eigenvalue weighted by atomic mass is 19.1. The lowest BCUT2D eigenvalue weighted by atomic mass is 10.0. The number of hydrogen-bond donors (Lipinski definition) is 1. The quantitative estimate of drug-likeness (QED) is 0.647. The molecule has 2 aliphatic rings. The van der Waals surface area contributed by atoms with Crippen LogP contribution in [-0.4, -0.2) is 59.3 Å². The van der Waals surface area contributed by atoms with Gasteiger partial charge in [0.15, 0.2) is 0 Å². The monoisotopic (exact) mass is 445 g/mol. The van der Waals surface area contributed by atoms with Crippen molar-refractivity contribution in [2.24, 2.45) is 5.18 Å². The first-order chi connectivity index (χ1) is 15.4. The van der Waals surface area contributed by atoms with Gasteiger partial charge in [0.1, 0.15) is 24.2 Å². The molecular formula is C20H24FN7O4. The second-order valence-corrected chi connectivity index (χ2v) is 7.88. The highest BCUT2D eigenvalue weighted by Gasteiger charge is 2.33. The number of aromatic nitrogens is 3. The third-order valence-electron chi connectivity index (χ3n) is 5.66. The number of cyclic esters (lactones) is 1. The SMILES string of the molecule is CC(=O)NC[C@H]1CN(c2ccc(N3CCC(n4cc(CN=O)nn4)CC3)c(F)c2)C(=O)O1. The molecular weight excluding hydrogens is 421 g/mol. The summed E-state index contributed by atoms with van der Waals surface area (Å²) in [5, 5.41) is 13.4. The zero-order valence-electron chi connectivity index (χ0n) is 17.6. The number of halogens is 1. The van der Waals surface area contributed by atoms with Gasteiger partial charge in [-0.15, -0.1) is 5.10 Å². The molecule has 4 rings (SSSR count). The van der Waals surface area contributed by atoms with Crippen molar-refractivity contribution in [3.05, 3.63) is 40.8 Å². The molecule has 0 unspecified atom stereocenters. The molecule has 0 spiro atoms. The Labute approximate surface area is 183 Å². The van der Waals surface area contributed by atoms with E-state index >= 15 is 0 Å². The summed E-state index contributed by atoms with van der Waals surface area (Å²) < 4.78 is 21.9. The average Bonchev–Trinajstić information content (AvgIpc) is 3.39. The number of carbonyl (C=O) groups excluding carboxylic acids is 2. The molecule has 0 saturated carbocycles. The Kier molecular flexibility index (Phi) is 6.28. The molecule has 32 heavy (non-hydrogen) atoms. The molecule has 170 valence electrons. The lowest BCUT2D eigenvalue weighted by molar-refractivity contribution is -0.119. The fourth-order valence-corrected chi connectivity index (χ4v) is 4.02. The molecule has 1 atom stereocenters. The van der Waals surface area contributed by atoms with Crippen molar-refractivity contribution in [1.29, 1.82) is 0 Å². The number of nitrogens with one attached hydrogen (secondary N) is 1. The summed E-state index contributed by atoms with van der Waals surface area (Å²) >= 11 is 0. The van der Waals surface area contributed by atoms with Crippen LogP contribution >= 0.6 is 0 Å². The second-order valence-electron chi connectivity index (χ2n) is 7.88. The molecule has 0 aliphatic carbocycles. The van der Waals surface area contributed by atoms with Crippen molar-refractivity contribution >= 4 is 23.4 Å². The van der Waals surface area contributed by atoms with Crippen molar-refractivity contribution in [2.45, 2.75) is 38.5 Å². The number of amides is 2. The Hall–Kier alpha value is -3.57. The third-order valence-corrected chi connectivity index (χ3v) is 5.66. The van der Waals surface area contributed by atoms with Crippen LogP contribution in [0.3, 0.4) is 0 Å². The molecule has 2 amide bonds. The largest absolute Gasteiger partial charge is 0.442 e. The van der Waals surface area contributed by atoms with E-state index in [2.05, 4.69) is 20.8 Å². The second kappa shape index (κ2) is 9.28. The van der Waals surface area contributed by atoms with Crippen LogP contribution in [-0.2, 0) is 16.1 Å². The standard InChI is InChI=1S/C20H24FN7O4/c1-13(29)22-10-17-12-27(20(30)32-17)16-2-3-19(18(21)8-16)26-6-4-15(5-7-26)28-11-14(9-23-31)24-25-28/h2-3,8,11,15,17H,4-7,9-10,12H2,1H3,(H,22,29)/t17-/m0/s1. The molecule has 2 aromatic rings. The van der Waals surface area contributed by atoms with Crippen molar-refractivity contribution in [3.63, 3.8) is 0 Å². The molecule has 2 fully saturated rings. The number of nitrogens with zero attached hydrogens (tertiary/aromatic N) is 6. The Morgan fingerprint density at radius 1 is 1.34 bits per heavy atom. The van der Waals surface area contributed by atoms with Crippen LogP contribution in [0.15, 0.2) is 29.6 Å².